The Kier molecular flexibility index (Phi) is 4.93. The molecule has 0 saturated heterocycles. The minimum absolute atomic E-state index is 0.304. The van der Waals surface area contributed by atoms with Gasteiger partial charge in [0.05, 0.1) is 6.54 Å². The van der Waals surface area contributed by atoms with Gasteiger partial charge in [0.25, 0.3) is 5.91 Å². The Morgan fingerprint density at radius 3 is 2.71 bits per heavy atom. The van der Waals surface area contributed by atoms with Gasteiger partial charge in [-0.25, -0.2) is 4.39 Å². The number of rotatable bonds is 5. The zero-order valence-corrected chi connectivity index (χ0v) is 12.2. The van der Waals surface area contributed by atoms with Gasteiger partial charge in [0.1, 0.15) is 18.2 Å². The average molecular weight is 287 g/mol. The van der Waals surface area contributed by atoms with Crippen molar-refractivity contribution in [3.63, 3.8) is 0 Å². The molecule has 0 unspecified atom stereocenters. The first-order valence-electron chi connectivity index (χ1n) is 6.80. The third kappa shape index (κ3) is 4.31. The Morgan fingerprint density at radius 2 is 2.00 bits per heavy atom. The van der Waals surface area contributed by atoms with E-state index in [-0.39, 0.29) is 11.7 Å². The highest BCUT2D eigenvalue weighted by molar-refractivity contribution is 5.94. The lowest BCUT2D eigenvalue weighted by atomic mass is 10.1. The predicted molar refractivity (Wildman–Crippen MR) is 80.1 cm³/mol. The number of amides is 1. The molecule has 0 radical (unpaired) electrons. The highest BCUT2D eigenvalue weighted by Crippen LogP contribution is 2.12. The van der Waals surface area contributed by atoms with Crippen LogP contribution in [-0.4, -0.2) is 19.1 Å². The first kappa shape index (κ1) is 15.0. The Balaban J connectivity index is 1.80. The summed E-state index contributed by atoms with van der Waals surface area (Å²) >= 11 is 0. The first-order chi connectivity index (χ1) is 10.1. The van der Waals surface area contributed by atoms with Gasteiger partial charge in [-0.3, -0.25) is 4.79 Å². The zero-order valence-electron chi connectivity index (χ0n) is 12.2. The Hall–Kier alpha value is -2.36. The molecule has 0 saturated carbocycles. The van der Waals surface area contributed by atoms with Crippen LogP contribution in [-0.2, 0) is 0 Å². The molecule has 2 aromatic carbocycles. The number of hydrogen-bond acceptors (Lipinski definition) is 2. The lowest BCUT2D eigenvalue weighted by molar-refractivity contribution is 0.0946. The van der Waals surface area contributed by atoms with Crippen LogP contribution in [0.4, 0.5) is 4.39 Å². The topological polar surface area (TPSA) is 38.3 Å². The van der Waals surface area contributed by atoms with E-state index in [1.807, 2.05) is 31.2 Å². The third-order valence-electron chi connectivity index (χ3n) is 3.08. The fourth-order valence-corrected chi connectivity index (χ4v) is 1.87. The minimum atomic E-state index is -0.376. The normalized spacial score (nSPS) is 10.2. The summed E-state index contributed by atoms with van der Waals surface area (Å²) in [7, 11) is 0. The maximum atomic E-state index is 13.4. The zero-order chi connectivity index (χ0) is 15.2. The van der Waals surface area contributed by atoms with Crippen molar-refractivity contribution in [3.8, 4) is 5.75 Å². The summed E-state index contributed by atoms with van der Waals surface area (Å²) in [5, 5.41) is 2.70. The second-order valence-corrected chi connectivity index (χ2v) is 4.88. The predicted octanol–water partition coefficient (Wildman–Crippen LogP) is 3.25. The van der Waals surface area contributed by atoms with Gasteiger partial charge in [-0.05, 0) is 49.2 Å². The Labute approximate surface area is 123 Å². The van der Waals surface area contributed by atoms with Crippen LogP contribution < -0.4 is 10.1 Å². The molecule has 0 heterocycles. The molecule has 21 heavy (non-hydrogen) atoms. The van der Waals surface area contributed by atoms with Crippen LogP contribution in [0.25, 0.3) is 0 Å². The van der Waals surface area contributed by atoms with Gasteiger partial charge >= 0.3 is 0 Å². The molecule has 0 aliphatic carbocycles. The number of aryl methyl sites for hydroxylation is 2. The monoisotopic (exact) mass is 287 g/mol. The van der Waals surface area contributed by atoms with Gasteiger partial charge < -0.3 is 10.1 Å². The highest BCUT2D eigenvalue weighted by atomic mass is 19.1. The van der Waals surface area contributed by atoms with Crippen LogP contribution in [0, 0.1) is 19.7 Å². The molecule has 0 atom stereocenters. The van der Waals surface area contributed by atoms with Crippen LogP contribution in [0.1, 0.15) is 21.5 Å². The lowest BCUT2D eigenvalue weighted by Gasteiger charge is -2.08. The maximum absolute atomic E-state index is 13.4. The summed E-state index contributed by atoms with van der Waals surface area (Å²) in [6.45, 7) is 4.37. The van der Waals surface area contributed by atoms with E-state index in [1.165, 1.54) is 6.07 Å². The van der Waals surface area contributed by atoms with Crippen LogP contribution in [0.3, 0.4) is 0 Å². The second-order valence-electron chi connectivity index (χ2n) is 4.88. The second kappa shape index (κ2) is 6.88. The van der Waals surface area contributed by atoms with E-state index in [1.54, 1.807) is 19.1 Å². The molecule has 0 aromatic heterocycles. The average Bonchev–Trinajstić information content (AvgIpc) is 2.46. The summed E-state index contributed by atoms with van der Waals surface area (Å²) in [5.41, 5.74) is 1.95. The van der Waals surface area contributed by atoms with Gasteiger partial charge in [0, 0.05) is 5.56 Å². The third-order valence-corrected chi connectivity index (χ3v) is 3.08. The number of carbonyl (C=O) groups excluding carboxylic acids is 1. The summed E-state index contributed by atoms with van der Waals surface area (Å²) in [6, 6.07) is 12.1. The molecule has 0 fully saturated rings. The van der Waals surface area contributed by atoms with Crippen LogP contribution in [0.2, 0.25) is 0 Å². The number of carbonyl (C=O) groups is 1. The van der Waals surface area contributed by atoms with E-state index in [0.29, 0.717) is 24.3 Å². The largest absolute Gasteiger partial charge is 0.492 e. The van der Waals surface area contributed by atoms with Crippen LogP contribution in [0.5, 0.6) is 5.75 Å². The Bertz CT molecular complexity index is 640. The maximum Gasteiger partial charge on any atom is 0.251 e. The van der Waals surface area contributed by atoms with E-state index >= 15 is 0 Å². The molecule has 2 aromatic rings. The number of hydrogen-bond donors (Lipinski definition) is 1. The van der Waals surface area contributed by atoms with Gasteiger partial charge in [-0.15, -0.1) is 0 Å². The van der Waals surface area contributed by atoms with Crippen molar-refractivity contribution in [2.24, 2.45) is 0 Å². The van der Waals surface area contributed by atoms with Crippen molar-refractivity contribution in [1.29, 1.82) is 0 Å². The van der Waals surface area contributed by atoms with E-state index in [2.05, 4.69) is 5.32 Å². The molecule has 1 amide bonds. The molecule has 0 spiro atoms. The number of halogens is 1. The molecule has 0 aliphatic rings. The van der Waals surface area contributed by atoms with Gasteiger partial charge in [0.2, 0.25) is 0 Å². The summed E-state index contributed by atoms with van der Waals surface area (Å²) in [5.74, 6) is 0.0889. The molecule has 4 heteroatoms. The minimum Gasteiger partial charge on any atom is -0.492 e. The van der Waals surface area contributed by atoms with Gasteiger partial charge in [-0.1, -0.05) is 18.2 Å². The van der Waals surface area contributed by atoms with Crippen molar-refractivity contribution in [1.82, 2.24) is 5.32 Å². The van der Waals surface area contributed by atoms with E-state index in [0.717, 1.165) is 11.3 Å². The van der Waals surface area contributed by atoms with Crippen LogP contribution >= 0.6 is 0 Å². The van der Waals surface area contributed by atoms with Crippen LogP contribution in [0.15, 0.2) is 42.5 Å². The molecule has 0 aliphatic heterocycles. The molecule has 1 N–H and O–H groups in total. The highest BCUT2D eigenvalue weighted by Gasteiger charge is 2.07. The Morgan fingerprint density at radius 1 is 1.19 bits per heavy atom. The summed E-state index contributed by atoms with van der Waals surface area (Å²) in [6.07, 6.45) is 0. The molecule has 3 nitrogen and oxygen atoms in total. The van der Waals surface area contributed by atoms with E-state index < -0.39 is 0 Å². The molecule has 110 valence electrons. The number of benzene rings is 2. The van der Waals surface area contributed by atoms with Gasteiger partial charge in [0.15, 0.2) is 0 Å². The molecule has 2 rings (SSSR count). The number of nitrogens with one attached hydrogen (secondary N) is 1. The standard InChI is InChI=1S/C17H18FNO2/c1-12-4-3-5-15(10-12)21-9-8-19-17(20)14-7-6-13(2)16(18)11-14/h3-7,10-11H,8-9H2,1-2H3,(H,19,20). The SMILES string of the molecule is Cc1cccc(OCCNC(=O)c2ccc(C)c(F)c2)c1. The summed E-state index contributed by atoms with van der Waals surface area (Å²) in [4.78, 5) is 11.8. The molecule has 0 bridgehead atoms. The van der Waals surface area contributed by atoms with Crippen molar-refractivity contribution >= 4 is 5.91 Å². The quantitative estimate of drug-likeness (QED) is 0.857. The van der Waals surface area contributed by atoms with E-state index in [4.69, 9.17) is 4.74 Å². The fourth-order valence-electron chi connectivity index (χ4n) is 1.87. The van der Waals surface area contributed by atoms with Crippen molar-refractivity contribution < 1.29 is 13.9 Å². The molecular formula is C17H18FNO2. The first-order valence-corrected chi connectivity index (χ1v) is 6.80. The number of ether oxygens (including phenoxy) is 1. The van der Waals surface area contributed by atoms with Crippen molar-refractivity contribution in [3.05, 3.63) is 65.0 Å². The lowest BCUT2D eigenvalue weighted by Crippen LogP contribution is -2.28. The van der Waals surface area contributed by atoms with E-state index in [9.17, 15) is 9.18 Å². The smallest absolute Gasteiger partial charge is 0.251 e. The summed E-state index contributed by atoms with van der Waals surface area (Å²) < 4.78 is 18.9. The van der Waals surface area contributed by atoms with Crippen molar-refractivity contribution in [2.45, 2.75) is 13.8 Å². The van der Waals surface area contributed by atoms with Crippen molar-refractivity contribution in [2.75, 3.05) is 13.2 Å². The molecular weight excluding hydrogens is 269 g/mol. The van der Waals surface area contributed by atoms with Gasteiger partial charge in [-0.2, -0.15) is 0 Å². The fraction of sp³-hybridized carbons (Fsp3) is 0.235.